The molecule has 0 aromatic carbocycles. The van der Waals surface area contributed by atoms with Gasteiger partial charge in [-0.2, -0.15) is 0 Å². The Morgan fingerprint density at radius 3 is 2.62 bits per heavy atom. The van der Waals surface area contributed by atoms with Crippen LogP contribution in [0.3, 0.4) is 0 Å². The highest BCUT2D eigenvalue weighted by atomic mass is 28.4. The predicted octanol–water partition coefficient (Wildman–Crippen LogP) is 4.08. The van der Waals surface area contributed by atoms with E-state index in [1.54, 1.807) is 0 Å². The van der Waals surface area contributed by atoms with E-state index in [4.69, 9.17) is 13.9 Å². The quantitative estimate of drug-likeness (QED) is 0.393. The Morgan fingerprint density at radius 2 is 1.97 bits per heavy atom. The van der Waals surface area contributed by atoms with Crippen LogP contribution < -0.4 is 0 Å². The van der Waals surface area contributed by atoms with Crippen LogP contribution in [0.1, 0.15) is 45.4 Å². The third-order valence-electron chi connectivity index (χ3n) is 9.11. The summed E-state index contributed by atoms with van der Waals surface area (Å²) >= 11 is 0. The lowest BCUT2D eigenvalue weighted by molar-refractivity contribution is -0.163. The molecule has 1 saturated heterocycles. The molecule has 2 unspecified atom stereocenters. The molecule has 1 aliphatic heterocycles. The van der Waals surface area contributed by atoms with Gasteiger partial charge in [-0.1, -0.05) is 12.2 Å². The number of allylic oxidation sites excluding steroid dienone is 1. The molecule has 0 aromatic heterocycles. The first-order valence-electron chi connectivity index (χ1n) is 11.2. The molecule has 4 saturated carbocycles. The maximum atomic E-state index is 13.4. The van der Waals surface area contributed by atoms with E-state index in [0.717, 1.165) is 38.5 Å². The molecule has 160 valence electrons. The van der Waals surface area contributed by atoms with Gasteiger partial charge >= 0.3 is 11.9 Å². The number of carbonyl (C=O) groups is 2. The van der Waals surface area contributed by atoms with E-state index < -0.39 is 19.3 Å². The van der Waals surface area contributed by atoms with E-state index in [9.17, 15) is 9.59 Å². The fraction of sp³-hybridized carbons (Fsp3) is 0.826. The van der Waals surface area contributed by atoms with Crippen molar-refractivity contribution in [2.45, 2.75) is 76.8 Å². The standard InChI is InChI=1S/C23H34O5Si/c1-13-11-22-12-14(13)7-8-15(22)23-10-9-16(28-29(4,5)6)21(2,20(25)27-23)18(23)17(22)19(24)26-3/h14-18H,1,7-12H2,2-6H3/t14?,15-,16+,17-,18-,21?,22+,23+/m1/s1. The zero-order chi connectivity index (χ0) is 21.0. The van der Waals surface area contributed by atoms with E-state index in [0.29, 0.717) is 5.92 Å². The monoisotopic (exact) mass is 418 g/mol. The number of carbonyl (C=O) groups excluding carboxylic acids is 2. The van der Waals surface area contributed by atoms with Gasteiger partial charge in [-0.15, -0.1) is 0 Å². The minimum Gasteiger partial charge on any atom is -0.469 e. The molecular weight excluding hydrogens is 384 g/mol. The van der Waals surface area contributed by atoms with Crippen LogP contribution in [-0.2, 0) is 23.5 Å². The van der Waals surface area contributed by atoms with Gasteiger partial charge in [-0.25, -0.2) is 0 Å². The van der Waals surface area contributed by atoms with Crippen LogP contribution >= 0.6 is 0 Å². The summed E-state index contributed by atoms with van der Waals surface area (Å²) < 4.78 is 18.3. The van der Waals surface area contributed by atoms with Crippen LogP contribution in [0.5, 0.6) is 0 Å². The van der Waals surface area contributed by atoms with Crippen molar-refractivity contribution in [3.8, 4) is 0 Å². The molecular formula is C23H34O5Si. The zero-order valence-electron chi connectivity index (χ0n) is 18.4. The average Bonchev–Trinajstić information content (AvgIpc) is 3.09. The Balaban J connectivity index is 1.68. The van der Waals surface area contributed by atoms with E-state index in [1.807, 2.05) is 6.92 Å². The summed E-state index contributed by atoms with van der Waals surface area (Å²) in [4.78, 5) is 26.7. The minimum absolute atomic E-state index is 0.161. The van der Waals surface area contributed by atoms with Crippen molar-refractivity contribution in [1.82, 2.24) is 0 Å². The number of methoxy groups -OCH3 is 1. The smallest absolute Gasteiger partial charge is 0.315 e. The maximum Gasteiger partial charge on any atom is 0.315 e. The molecule has 6 heteroatoms. The minimum atomic E-state index is -1.87. The first-order valence-corrected chi connectivity index (χ1v) is 14.6. The molecule has 4 bridgehead atoms. The molecule has 5 rings (SSSR count). The van der Waals surface area contributed by atoms with Crippen LogP contribution in [0, 0.1) is 34.5 Å². The highest BCUT2D eigenvalue weighted by Crippen LogP contribution is 2.78. The van der Waals surface area contributed by atoms with Gasteiger partial charge in [0.05, 0.1) is 24.5 Å². The first kappa shape index (κ1) is 19.8. The summed E-state index contributed by atoms with van der Waals surface area (Å²) in [6.45, 7) is 12.9. The van der Waals surface area contributed by atoms with E-state index in [1.165, 1.54) is 12.7 Å². The van der Waals surface area contributed by atoms with Gasteiger partial charge in [-0.3, -0.25) is 9.59 Å². The maximum absolute atomic E-state index is 13.4. The van der Waals surface area contributed by atoms with E-state index >= 15 is 0 Å². The number of esters is 2. The molecule has 0 radical (unpaired) electrons. The summed E-state index contributed by atoms with van der Waals surface area (Å²) in [5.41, 5.74) is -0.227. The van der Waals surface area contributed by atoms with Crippen LogP contribution in [0.4, 0.5) is 0 Å². The molecule has 0 aromatic rings. The normalized spacial score (nSPS) is 50.2. The van der Waals surface area contributed by atoms with Crippen molar-refractivity contribution in [3.63, 3.8) is 0 Å². The van der Waals surface area contributed by atoms with E-state index in [-0.39, 0.29) is 41.2 Å². The van der Waals surface area contributed by atoms with Crippen LogP contribution in [0.25, 0.3) is 0 Å². The Labute approximate surface area is 174 Å². The van der Waals surface area contributed by atoms with Crippen molar-refractivity contribution in [3.05, 3.63) is 12.2 Å². The highest BCUT2D eigenvalue weighted by molar-refractivity contribution is 6.69. The predicted molar refractivity (Wildman–Crippen MR) is 110 cm³/mol. The molecule has 0 N–H and O–H groups in total. The second kappa shape index (κ2) is 5.76. The highest BCUT2D eigenvalue weighted by Gasteiger charge is 2.83. The number of ether oxygens (including phenoxy) is 2. The van der Waals surface area contributed by atoms with Gasteiger partial charge in [-0.05, 0) is 76.4 Å². The zero-order valence-corrected chi connectivity index (χ0v) is 19.4. The third kappa shape index (κ3) is 2.25. The lowest BCUT2D eigenvalue weighted by Gasteiger charge is -2.47. The molecule has 0 amide bonds. The molecule has 5 fully saturated rings. The van der Waals surface area contributed by atoms with Crippen LogP contribution in [0.2, 0.25) is 19.6 Å². The SMILES string of the molecule is C=C1C[C@]23CC1CC[C@H]2[C@]12CC[C@H](O[Si](C)(C)C)C(C)(C(=O)O1)[C@H]2[C@@H]3C(=O)OC. The first-order chi connectivity index (χ1) is 13.5. The van der Waals surface area contributed by atoms with Crippen LogP contribution in [-0.4, -0.2) is 39.1 Å². The fourth-order valence-corrected chi connectivity index (χ4v) is 9.57. The third-order valence-corrected chi connectivity index (χ3v) is 10.1. The molecule has 4 aliphatic carbocycles. The lowest BCUT2D eigenvalue weighted by Crippen LogP contribution is -2.56. The van der Waals surface area contributed by atoms with Gasteiger partial charge in [0.2, 0.25) is 0 Å². The molecule has 1 heterocycles. The molecule has 8 atom stereocenters. The number of hydrogen-bond donors (Lipinski definition) is 0. The van der Waals surface area contributed by atoms with Crippen molar-refractivity contribution >= 4 is 20.3 Å². The van der Waals surface area contributed by atoms with Crippen molar-refractivity contribution in [2.75, 3.05) is 7.11 Å². The summed E-state index contributed by atoms with van der Waals surface area (Å²) in [6.07, 6.45) is 5.40. The van der Waals surface area contributed by atoms with Gasteiger partial charge in [0.15, 0.2) is 8.32 Å². The summed E-state index contributed by atoms with van der Waals surface area (Å²) in [5, 5.41) is 0. The molecule has 29 heavy (non-hydrogen) atoms. The Morgan fingerprint density at radius 1 is 1.24 bits per heavy atom. The largest absolute Gasteiger partial charge is 0.469 e. The Bertz CT molecular complexity index is 802. The van der Waals surface area contributed by atoms with Gasteiger partial charge in [0.25, 0.3) is 0 Å². The molecule has 5 nitrogen and oxygen atoms in total. The second-order valence-corrected chi connectivity index (χ2v) is 15.9. The molecule has 1 spiro atoms. The number of hydrogen-bond acceptors (Lipinski definition) is 5. The summed E-state index contributed by atoms with van der Waals surface area (Å²) in [7, 11) is -0.390. The van der Waals surface area contributed by atoms with Gasteiger partial charge in [0.1, 0.15) is 5.60 Å². The van der Waals surface area contributed by atoms with Crippen LogP contribution in [0.15, 0.2) is 12.2 Å². The van der Waals surface area contributed by atoms with Crippen molar-refractivity contribution in [2.24, 2.45) is 34.5 Å². The summed E-state index contributed by atoms with van der Waals surface area (Å²) in [6, 6.07) is 0. The Kier molecular flexibility index (Phi) is 3.93. The number of fused-ring (bicyclic) bond motifs is 1. The van der Waals surface area contributed by atoms with Gasteiger partial charge < -0.3 is 13.9 Å². The second-order valence-electron chi connectivity index (χ2n) is 11.5. The Hall–Kier alpha value is -1.14. The van der Waals surface area contributed by atoms with Crippen molar-refractivity contribution < 1.29 is 23.5 Å². The lowest BCUT2D eigenvalue weighted by atomic mass is 9.59. The average molecular weight is 419 g/mol. The van der Waals surface area contributed by atoms with Crippen molar-refractivity contribution in [1.29, 1.82) is 0 Å². The number of rotatable bonds is 3. The summed E-state index contributed by atoms with van der Waals surface area (Å²) in [5.74, 6) is -0.102. The molecule has 5 aliphatic rings. The fourth-order valence-electron chi connectivity index (χ4n) is 8.36. The van der Waals surface area contributed by atoms with E-state index in [2.05, 4.69) is 26.2 Å². The van der Waals surface area contributed by atoms with Gasteiger partial charge in [0, 0.05) is 11.8 Å². The topological polar surface area (TPSA) is 61.8 Å².